The number of fused-ring (bicyclic) bond motifs is 1. The Bertz CT molecular complexity index is 2020. The van der Waals surface area contributed by atoms with Gasteiger partial charge in [0.25, 0.3) is 0 Å². The van der Waals surface area contributed by atoms with Gasteiger partial charge >= 0.3 is 18.2 Å². The summed E-state index contributed by atoms with van der Waals surface area (Å²) in [6.07, 6.45) is -6.29. The van der Waals surface area contributed by atoms with Gasteiger partial charge in [0.1, 0.15) is 48.0 Å². The monoisotopic (exact) mass is 810 g/mol. The van der Waals surface area contributed by atoms with Crippen LogP contribution in [0.2, 0.25) is 0 Å². The summed E-state index contributed by atoms with van der Waals surface area (Å²) in [6, 6.07) is 17.4. The normalized spacial score (nSPS) is 13.3. The number of ether oxygens (including phenoxy) is 3. The molecular formula is C43H50F4N4O7. The van der Waals surface area contributed by atoms with Gasteiger partial charge in [-0.3, -0.25) is 19.5 Å². The number of pyridine rings is 1. The molecular weight excluding hydrogens is 760 g/mol. The lowest BCUT2D eigenvalue weighted by Gasteiger charge is -2.36. The summed E-state index contributed by atoms with van der Waals surface area (Å²) >= 11 is 0. The van der Waals surface area contributed by atoms with Crippen molar-refractivity contribution in [3.05, 3.63) is 108 Å². The number of esters is 1. The molecule has 0 aliphatic heterocycles. The van der Waals surface area contributed by atoms with Crippen molar-refractivity contribution in [2.75, 3.05) is 20.7 Å². The van der Waals surface area contributed by atoms with Gasteiger partial charge < -0.3 is 24.4 Å². The van der Waals surface area contributed by atoms with Crippen molar-refractivity contribution in [1.29, 1.82) is 0 Å². The molecule has 0 aliphatic rings. The molecule has 0 saturated heterocycles. The number of halogens is 4. The van der Waals surface area contributed by atoms with E-state index in [4.69, 9.17) is 14.2 Å². The first-order valence-corrected chi connectivity index (χ1v) is 18.8. The van der Waals surface area contributed by atoms with Gasteiger partial charge in [0.05, 0.1) is 24.2 Å². The van der Waals surface area contributed by atoms with E-state index in [1.165, 1.54) is 19.2 Å². The highest BCUT2D eigenvalue weighted by atomic mass is 19.4. The van der Waals surface area contributed by atoms with Crippen LogP contribution < -0.4 is 10.1 Å². The van der Waals surface area contributed by atoms with Crippen LogP contribution in [-0.4, -0.2) is 89.3 Å². The third-order valence-electron chi connectivity index (χ3n) is 8.99. The third-order valence-corrected chi connectivity index (χ3v) is 8.99. The number of rotatable bonds is 16. The van der Waals surface area contributed by atoms with E-state index < -0.39 is 66.0 Å². The average molecular weight is 811 g/mol. The molecule has 1 N–H and O–H groups in total. The van der Waals surface area contributed by atoms with Gasteiger partial charge in [0, 0.05) is 19.5 Å². The van der Waals surface area contributed by atoms with Crippen molar-refractivity contribution >= 4 is 34.8 Å². The summed E-state index contributed by atoms with van der Waals surface area (Å²) in [5.41, 5.74) is 0.593. The molecule has 3 amide bonds. The Morgan fingerprint density at radius 3 is 2.05 bits per heavy atom. The number of hydrogen-bond donors (Lipinski definition) is 1. The number of likely N-dealkylation sites (N-methyl/N-ethyl adjacent to an activating group) is 2. The predicted molar refractivity (Wildman–Crippen MR) is 209 cm³/mol. The fraction of sp³-hybridized carbons (Fsp3) is 0.419. The van der Waals surface area contributed by atoms with Gasteiger partial charge in [0.15, 0.2) is 0 Å². The summed E-state index contributed by atoms with van der Waals surface area (Å²) in [7, 11) is 2.41. The lowest BCUT2D eigenvalue weighted by Crippen LogP contribution is -2.57. The van der Waals surface area contributed by atoms with E-state index in [0.717, 1.165) is 24.2 Å². The maximum absolute atomic E-state index is 14.5. The maximum Gasteiger partial charge on any atom is 0.410 e. The Morgan fingerprint density at radius 2 is 1.47 bits per heavy atom. The molecule has 4 rings (SSSR count). The van der Waals surface area contributed by atoms with E-state index in [0.29, 0.717) is 16.0 Å². The number of amides is 3. The van der Waals surface area contributed by atoms with E-state index in [9.17, 15) is 36.7 Å². The molecule has 0 fully saturated rings. The van der Waals surface area contributed by atoms with E-state index in [1.54, 1.807) is 95.3 Å². The number of benzene rings is 3. The van der Waals surface area contributed by atoms with Crippen LogP contribution in [-0.2, 0) is 32.1 Å². The molecule has 0 radical (unpaired) electrons. The number of alkyl halides is 3. The fourth-order valence-electron chi connectivity index (χ4n) is 6.16. The van der Waals surface area contributed by atoms with Crippen molar-refractivity contribution in [2.24, 2.45) is 5.92 Å². The van der Waals surface area contributed by atoms with Crippen LogP contribution in [0.4, 0.5) is 22.4 Å². The molecule has 312 valence electrons. The van der Waals surface area contributed by atoms with E-state index in [1.807, 2.05) is 0 Å². The maximum atomic E-state index is 14.5. The summed E-state index contributed by atoms with van der Waals surface area (Å²) in [5.74, 6) is -3.81. The second kappa shape index (κ2) is 19.6. The molecule has 11 nitrogen and oxygen atoms in total. The smallest absolute Gasteiger partial charge is 0.410 e. The Labute approximate surface area is 335 Å². The Kier molecular flexibility index (Phi) is 15.2. The van der Waals surface area contributed by atoms with Gasteiger partial charge in [-0.25, -0.2) is 14.0 Å². The summed E-state index contributed by atoms with van der Waals surface area (Å²) in [6.45, 7) is 8.00. The number of nitrogens with one attached hydrogen (secondary N) is 1. The molecule has 0 saturated carbocycles. The largest absolute Gasteiger partial charge is 0.491 e. The van der Waals surface area contributed by atoms with Crippen molar-refractivity contribution in [1.82, 2.24) is 20.1 Å². The molecule has 0 spiro atoms. The zero-order chi connectivity index (χ0) is 42.8. The lowest BCUT2D eigenvalue weighted by molar-refractivity contribution is -0.163. The van der Waals surface area contributed by atoms with Crippen LogP contribution in [0.3, 0.4) is 0 Å². The minimum absolute atomic E-state index is 0.0499. The standard InChI is InChI=1S/C43H50F4N4O7/c1-27(2)20-34(51(7)41(55)58-42(3,4)5)39(53)50(6)35(23-43(45,46)47)38(52)49-31(21-28-14-10-8-11-15-28)26-56-36-19-18-33-32(22-30(44)24-48-33)37(36)40(54)57-25-29-16-12-9-13-17-29/h8-19,22,24,27,31,34-35H,20-21,23,25-26H2,1-7H3,(H,49,52)/t31-,34+,35+/m1/s1. The third kappa shape index (κ3) is 13.2. The van der Waals surface area contributed by atoms with Gasteiger partial charge in [0.2, 0.25) is 11.8 Å². The fourth-order valence-corrected chi connectivity index (χ4v) is 6.16. The predicted octanol–water partition coefficient (Wildman–Crippen LogP) is 7.90. The van der Waals surface area contributed by atoms with Crippen LogP contribution in [0.15, 0.2) is 85.1 Å². The molecule has 15 heteroatoms. The summed E-state index contributed by atoms with van der Waals surface area (Å²) in [5, 5.41) is 2.74. The highest BCUT2D eigenvalue weighted by molar-refractivity contribution is 6.06. The van der Waals surface area contributed by atoms with Crippen molar-refractivity contribution in [2.45, 2.75) is 90.4 Å². The van der Waals surface area contributed by atoms with Crippen LogP contribution in [0.5, 0.6) is 5.75 Å². The molecule has 0 unspecified atom stereocenters. The van der Waals surface area contributed by atoms with Gasteiger partial charge in [-0.05, 0) is 68.9 Å². The van der Waals surface area contributed by atoms with Gasteiger partial charge in [-0.15, -0.1) is 0 Å². The van der Waals surface area contributed by atoms with Crippen molar-refractivity contribution < 1.29 is 51.0 Å². The van der Waals surface area contributed by atoms with Crippen LogP contribution >= 0.6 is 0 Å². The Morgan fingerprint density at radius 1 is 0.845 bits per heavy atom. The number of carbonyl (C=O) groups is 4. The van der Waals surface area contributed by atoms with E-state index in [-0.39, 0.29) is 54.2 Å². The minimum atomic E-state index is -4.88. The first-order valence-electron chi connectivity index (χ1n) is 18.8. The van der Waals surface area contributed by atoms with Crippen LogP contribution in [0.1, 0.15) is 68.9 Å². The lowest BCUT2D eigenvalue weighted by atomic mass is 10.00. The van der Waals surface area contributed by atoms with Gasteiger partial charge in [-0.2, -0.15) is 13.2 Å². The number of nitrogens with zero attached hydrogens (tertiary/aromatic N) is 3. The molecule has 0 bridgehead atoms. The van der Waals surface area contributed by atoms with E-state index in [2.05, 4.69) is 10.3 Å². The minimum Gasteiger partial charge on any atom is -0.491 e. The Hall–Kier alpha value is -5.73. The van der Waals surface area contributed by atoms with E-state index >= 15 is 0 Å². The second-order valence-corrected chi connectivity index (χ2v) is 15.4. The molecule has 1 aromatic heterocycles. The highest BCUT2D eigenvalue weighted by Crippen LogP contribution is 2.30. The first kappa shape index (κ1) is 45.0. The van der Waals surface area contributed by atoms with Crippen LogP contribution in [0, 0.1) is 11.7 Å². The quantitative estimate of drug-likeness (QED) is 0.0895. The molecule has 3 aromatic carbocycles. The number of aromatic nitrogens is 1. The van der Waals surface area contributed by atoms with Crippen LogP contribution in [0.25, 0.3) is 10.9 Å². The summed E-state index contributed by atoms with van der Waals surface area (Å²) in [4.78, 5) is 60.5. The SMILES string of the molecule is CC(C)C[C@@H](C(=O)N(C)[C@@H](CC(F)(F)F)C(=O)N[C@@H](COc1ccc2ncc(F)cc2c1C(=O)OCc1ccccc1)Cc1ccccc1)N(C)C(=O)OC(C)(C)C. The molecule has 58 heavy (non-hydrogen) atoms. The van der Waals surface area contributed by atoms with Crippen molar-refractivity contribution in [3.63, 3.8) is 0 Å². The zero-order valence-corrected chi connectivity index (χ0v) is 33.6. The topological polar surface area (TPSA) is 127 Å². The zero-order valence-electron chi connectivity index (χ0n) is 33.6. The molecule has 4 aromatic rings. The molecule has 3 atom stereocenters. The number of carbonyl (C=O) groups excluding carboxylic acids is 4. The molecule has 0 aliphatic carbocycles. The highest BCUT2D eigenvalue weighted by Gasteiger charge is 2.42. The number of hydrogen-bond acceptors (Lipinski definition) is 8. The molecule has 1 heterocycles. The first-order chi connectivity index (χ1) is 27.2. The second-order valence-electron chi connectivity index (χ2n) is 15.4. The summed E-state index contributed by atoms with van der Waals surface area (Å²) < 4.78 is 74.2. The Balaban J connectivity index is 1.66. The van der Waals surface area contributed by atoms with Gasteiger partial charge in [-0.1, -0.05) is 74.5 Å². The van der Waals surface area contributed by atoms with Crippen molar-refractivity contribution in [3.8, 4) is 5.75 Å². The average Bonchev–Trinajstić information content (AvgIpc) is 3.15.